The molecule has 0 aliphatic rings. The fraction of sp³-hybridized carbons (Fsp3) is 0.211. The molecule has 2 heterocycles. The molecule has 0 saturated carbocycles. The van der Waals surface area contributed by atoms with E-state index in [1.54, 1.807) is 12.4 Å². The lowest BCUT2D eigenvalue weighted by Gasteiger charge is -2.10. The maximum Gasteiger partial charge on any atom is 0.229 e. The van der Waals surface area contributed by atoms with Crippen LogP contribution in [-0.4, -0.2) is 15.0 Å². The highest BCUT2D eigenvalue weighted by molar-refractivity contribution is 5.55. The van der Waals surface area contributed by atoms with Gasteiger partial charge in [0.25, 0.3) is 0 Å². The predicted octanol–water partition coefficient (Wildman–Crippen LogP) is 4.35. The molecule has 3 aromatic rings. The van der Waals surface area contributed by atoms with Gasteiger partial charge >= 0.3 is 0 Å². The minimum atomic E-state index is 0.523. The van der Waals surface area contributed by atoms with Gasteiger partial charge in [-0.15, -0.1) is 0 Å². The van der Waals surface area contributed by atoms with Gasteiger partial charge in [-0.05, 0) is 41.3 Å². The molecule has 0 bridgehead atoms. The Bertz CT molecular complexity index is 769. The quantitative estimate of drug-likeness (QED) is 0.707. The molecule has 2 N–H and O–H groups in total. The second kappa shape index (κ2) is 7.55. The van der Waals surface area contributed by atoms with Crippen molar-refractivity contribution < 1.29 is 0 Å². The number of benzene rings is 1. The van der Waals surface area contributed by atoms with Crippen LogP contribution >= 0.6 is 0 Å². The van der Waals surface area contributed by atoms with E-state index in [1.807, 2.05) is 24.4 Å². The highest BCUT2D eigenvalue weighted by Crippen LogP contribution is 2.19. The van der Waals surface area contributed by atoms with Crippen LogP contribution < -0.4 is 10.6 Å². The first-order chi connectivity index (χ1) is 11.7. The van der Waals surface area contributed by atoms with E-state index in [0.29, 0.717) is 18.4 Å². The summed E-state index contributed by atoms with van der Waals surface area (Å²) in [4.78, 5) is 12.9. The molecule has 0 radical (unpaired) electrons. The first-order valence-electron chi connectivity index (χ1n) is 8.03. The average molecular weight is 319 g/mol. The Hall–Kier alpha value is -2.95. The number of aromatic nitrogens is 3. The molecule has 2 aromatic heterocycles. The number of nitrogens with zero attached hydrogens (tertiary/aromatic N) is 3. The zero-order valence-electron chi connectivity index (χ0n) is 13.9. The highest BCUT2D eigenvalue weighted by atomic mass is 15.1. The van der Waals surface area contributed by atoms with Gasteiger partial charge in [0.2, 0.25) is 5.95 Å². The average Bonchev–Trinajstić information content (AvgIpc) is 2.62. The molecule has 122 valence electrons. The zero-order chi connectivity index (χ0) is 16.8. The maximum absolute atomic E-state index is 4.49. The van der Waals surface area contributed by atoms with Crippen molar-refractivity contribution in [1.29, 1.82) is 0 Å². The fourth-order valence-corrected chi connectivity index (χ4v) is 2.29. The van der Waals surface area contributed by atoms with Crippen molar-refractivity contribution in [2.24, 2.45) is 0 Å². The molecular weight excluding hydrogens is 298 g/mol. The smallest absolute Gasteiger partial charge is 0.229 e. The van der Waals surface area contributed by atoms with Gasteiger partial charge in [0.15, 0.2) is 0 Å². The molecule has 0 saturated heterocycles. The largest absolute Gasteiger partial charge is 0.366 e. The van der Waals surface area contributed by atoms with Crippen molar-refractivity contribution in [1.82, 2.24) is 15.0 Å². The lowest BCUT2D eigenvalue weighted by molar-refractivity contribution is 0.867. The number of hydrogen-bond donors (Lipinski definition) is 2. The third-order valence-electron chi connectivity index (χ3n) is 3.69. The summed E-state index contributed by atoms with van der Waals surface area (Å²) in [5.41, 5.74) is 3.40. The Morgan fingerprint density at radius 3 is 2.54 bits per heavy atom. The van der Waals surface area contributed by atoms with E-state index < -0.39 is 0 Å². The molecule has 0 spiro atoms. The van der Waals surface area contributed by atoms with Gasteiger partial charge < -0.3 is 10.6 Å². The van der Waals surface area contributed by atoms with Crippen LogP contribution in [0.3, 0.4) is 0 Å². The minimum absolute atomic E-state index is 0.523. The van der Waals surface area contributed by atoms with Crippen molar-refractivity contribution in [2.75, 3.05) is 10.6 Å². The van der Waals surface area contributed by atoms with E-state index in [-0.39, 0.29) is 0 Å². The van der Waals surface area contributed by atoms with Crippen molar-refractivity contribution in [3.8, 4) is 0 Å². The van der Waals surface area contributed by atoms with Gasteiger partial charge in [-0.3, -0.25) is 4.98 Å². The van der Waals surface area contributed by atoms with E-state index in [1.165, 1.54) is 5.56 Å². The molecule has 0 aliphatic carbocycles. The zero-order valence-corrected chi connectivity index (χ0v) is 13.9. The van der Waals surface area contributed by atoms with Crippen LogP contribution in [-0.2, 0) is 6.54 Å². The molecule has 5 nitrogen and oxygen atoms in total. The van der Waals surface area contributed by atoms with Gasteiger partial charge in [0, 0.05) is 30.8 Å². The number of nitrogens with one attached hydrogen (secondary N) is 2. The number of anilines is 3. The van der Waals surface area contributed by atoms with E-state index in [0.717, 1.165) is 17.1 Å². The molecular formula is C19H21N5. The first kappa shape index (κ1) is 15.9. The van der Waals surface area contributed by atoms with Crippen LogP contribution in [0.2, 0.25) is 0 Å². The summed E-state index contributed by atoms with van der Waals surface area (Å²) in [5, 5.41) is 6.51. The second-order valence-corrected chi connectivity index (χ2v) is 5.88. The molecule has 0 unspecified atom stereocenters. The van der Waals surface area contributed by atoms with Gasteiger partial charge in [-0.1, -0.05) is 32.0 Å². The Morgan fingerprint density at radius 1 is 1.00 bits per heavy atom. The first-order valence-corrected chi connectivity index (χ1v) is 8.03. The predicted molar refractivity (Wildman–Crippen MR) is 97.4 cm³/mol. The lowest BCUT2D eigenvalue weighted by atomic mass is 10.0. The van der Waals surface area contributed by atoms with Gasteiger partial charge in [-0.25, -0.2) is 4.98 Å². The van der Waals surface area contributed by atoms with Crippen molar-refractivity contribution in [3.05, 3.63) is 72.2 Å². The normalized spacial score (nSPS) is 10.6. The summed E-state index contributed by atoms with van der Waals surface area (Å²) in [7, 11) is 0. The Morgan fingerprint density at radius 2 is 1.83 bits per heavy atom. The van der Waals surface area contributed by atoms with E-state index in [9.17, 15) is 0 Å². The SMILES string of the molecule is CC(C)c1ccc(Nc2nccc(NCc3cccnc3)n2)cc1. The van der Waals surface area contributed by atoms with Crippen LogP contribution in [0, 0.1) is 0 Å². The van der Waals surface area contributed by atoms with Crippen molar-refractivity contribution in [2.45, 2.75) is 26.3 Å². The maximum atomic E-state index is 4.49. The number of pyridine rings is 1. The Kier molecular flexibility index (Phi) is 5.01. The van der Waals surface area contributed by atoms with Gasteiger partial charge in [-0.2, -0.15) is 4.98 Å². The standard InChI is InChI=1S/C19H21N5/c1-14(2)16-5-7-17(8-6-16)23-19-21-11-9-18(24-19)22-13-15-4-3-10-20-12-15/h3-12,14H,13H2,1-2H3,(H2,21,22,23,24). The number of rotatable bonds is 6. The molecule has 5 heteroatoms. The second-order valence-electron chi connectivity index (χ2n) is 5.88. The summed E-state index contributed by atoms with van der Waals surface area (Å²) in [6.07, 6.45) is 5.34. The van der Waals surface area contributed by atoms with Crippen LogP contribution in [0.1, 0.15) is 30.9 Å². The molecule has 24 heavy (non-hydrogen) atoms. The van der Waals surface area contributed by atoms with Crippen LogP contribution in [0.5, 0.6) is 0 Å². The summed E-state index contributed by atoms with van der Waals surface area (Å²) in [5.74, 6) is 1.87. The van der Waals surface area contributed by atoms with Gasteiger partial charge in [0.05, 0.1) is 0 Å². The monoisotopic (exact) mass is 319 g/mol. The third-order valence-corrected chi connectivity index (χ3v) is 3.69. The third kappa shape index (κ3) is 4.29. The minimum Gasteiger partial charge on any atom is -0.366 e. The van der Waals surface area contributed by atoms with E-state index >= 15 is 0 Å². The van der Waals surface area contributed by atoms with Crippen LogP contribution in [0.25, 0.3) is 0 Å². The van der Waals surface area contributed by atoms with Crippen molar-refractivity contribution >= 4 is 17.5 Å². The molecule has 0 fully saturated rings. The van der Waals surface area contributed by atoms with E-state index in [4.69, 9.17) is 0 Å². The van der Waals surface area contributed by atoms with Crippen LogP contribution in [0.4, 0.5) is 17.5 Å². The Balaban J connectivity index is 1.64. The number of hydrogen-bond acceptors (Lipinski definition) is 5. The fourth-order valence-electron chi connectivity index (χ4n) is 2.29. The molecule has 0 atom stereocenters. The summed E-state index contributed by atoms with van der Waals surface area (Å²) >= 11 is 0. The molecule has 0 amide bonds. The molecule has 3 rings (SSSR count). The van der Waals surface area contributed by atoms with Crippen LogP contribution in [0.15, 0.2) is 61.1 Å². The van der Waals surface area contributed by atoms with Gasteiger partial charge in [0.1, 0.15) is 5.82 Å². The lowest BCUT2D eigenvalue weighted by Crippen LogP contribution is -2.04. The Labute approximate surface area is 142 Å². The topological polar surface area (TPSA) is 62.7 Å². The summed E-state index contributed by atoms with van der Waals surface area (Å²) in [6.45, 7) is 5.04. The summed E-state index contributed by atoms with van der Waals surface area (Å²) < 4.78 is 0. The summed E-state index contributed by atoms with van der Waals surface area (Å²) in [6, 6.07) is 14.1. The highest BCUT2D eigenvalue weighted by Gasteiger charge is 2.02. The molecule has 0 aliphatic heterocycles. The van der Waals surface area contributed by atoms with E-state index in [2.05, 4.69) is 63.7 Å². The molecule has 1 aromatic carbocycles. The van der Waals surface area contributed by atoms with Crippen molar-refractivity contribution in [3.63, 3.8) is 0 Å².